The van der Waals surface area contributed by atoms with Crippen LogP contribution in [0.25, 0.3) is 22.3 Å². The van der Waals surface area contributed by atoms with Crippen LogP contribution >= 0.6 is 0 Å². The van der Waals surface area contributed by atoms with Crippen molar-refractivity contribution in [2.75, 3.05) is 33.4 Å². The highest BCUT2D eigenvalue weighted by Crippen LogP contribution is 2.27. The second kappa shape index (κ2) is 12.0. The van der Waals surface area contributed by atoms with Crippen LogP contribution in [0.1, 0.15) is 22.3 Å². The van der Waals surface area contributed by atoms with Crippen molar-refractivity contribution in [1.82, 2.24) is 10.6 Å². The predicted octanol–water partition coefficient (Wildman–Crippen LogP) is 4.57. The topological polar surface area (TPSA) is 89.8 Å². The first-order valence-electron chi connectivity index (χ1n) is 12.0. The van der Waals surface area contributed by atoms with Gasteiger partial charge in [0.1, 0.15) is 12.4 Å². The van der Waals surface area contributed by atoms with Crippen LogP contribution in [0.5, 0.6) is 11.5 Å². The van der Waals surface area contributed by atoms with E-state index in [4.69, 9.17) is 13.9 Å². The lowest BCUT2D eigenvalue weighted by atomic mass is 10.0. The van der Waals surface area contributed by atoms with Gasteiger partial charge in [-0.15, -0.1) is 0 Å². The number of fused-ring (bicyclic) bond motifs is 1. The van der Waals surface area contributed by atoms with E-state index in [0.29, 0.717) is 59.1 Å². The molecule has 0 aliphatic heterocycles. The molecule has 36 heavy (non-hydrogen) atoms. The maximum absolute atomic E-state index is 13.0. The number of nitrogens with one attached hydrogen (secondary N) is 2. The third-order valence-corrected chi connectivity index (χ3v) is 5.85. The molecule has 7 nitrogen and oxygen atoms in total. The Kier molecular flexibility index (Phi) is 8.36. The number of carbonyl (C=O) groups is 1. The van der Waals surface area contributed by atoms with Crippen LogP contribution in [0.15, 0.2) is 82.0 Å². The summed E-state index contributed by atoms with van der Waals surface area (Å²) in [5.41, 5.74) is 1.83. The molecule has 0 atom stereocenters. The minimum Gasteiger partial charge on any atom is -0.493 e. The van der Waals surface area contributed by atoms with Crippen molar-refractivity contribution < 1.29 is 18.7 Å². The summed E-state index contributed by atoms with van der Waals surface area (Å²) in [7, 11) is 1.62. The van der Waals surface area contributed by atoms with Crippen LogP contribution < -0.4 is 25.5 Å². The van der Waals surface area contributed by atoms with E-state index in [-0.39, 0.29) is 11.3 Å². The van der Waals surface area contributed by atoms with Crippen LogP contribution in [0.3, 0.4) is 0 Å². The number of carbonyl (C=O) groups excluding carboxylic acids is 1. The van der Waals surface area contributed by atoms with Crippen LogP contribution in [-0.4, -0.2) is 39.3 Å². The van der Waals surface area contributed by atoms with E-state index >= 15 is 0 Å². The van der Waals surface area contributed by atoms with E-state index in [0.717, 1.165) is 18.5 Å². The van der Waals surface area contributed by atoms with E-state index in [1.807, 2.05) is 54.6 Å². The first-order valence-corrected chi connectivity index (χ1v) is 12.0. The van der Waals surface area contributed by atoms with Crippen molar-refractivity contribution in [2.24, 2.45) is 0 Å². The smallest absolute Gasteiger partial charge is 0.255 e. The molecule has 0 bridgehead atoms. The van der Waals surface area contributed by atoms with Gasteiger partial charge in [-0.1, -0.05) is 48.5 Å². The molecule has 1 aromatic heterocycles. The molecule has 0 aliphatic rings. The lowest BCUT2D eigenvalue weighted by molar-refractivity contribution is 0.0954. The monoisotopic (exact) mass is 486 g/mol. The summed E-state index contributed by atoms with van der Waals surface area (Å²) in [4.78, 5) is 25.9. The first kappa shape index (κ1) is 25.0. The largest absolute Gasteiger partial charge is 0.493 e. The fraction of sp³-hybridized carbons (Fsp3) is 0.241. The highest BCUT2D eigenvalue weighted by atomic mass is 16.5. The fourth-order valence-electron chi connectivity index (χ4n) is 3.96. The molecule has 0 saturated carbocycles. The molecule has 2 N–H and O–H groups in total. The van der Waals surface area contributed by atoms with E-state index in [2.05, 4.69) is 10.6 Å². The standard InChI is InChI=1S/C29H30N2O5/c1-20-26(32)22-12-8-13-23(28(22)36-27(20)21-10-4-3-5-11-21)29(33)31-17-9-16-30-18-19-35-25-15-7-6-14-24(25)34-2/h3-8,10-15,30H,9,16-19H2,1-2H3,(H,31,33). The van der Waals surface area contributed by atoms with Gasteiger partial charge in [0.2, 0.25) is 0 Å². The highest BCUT2D eigenvalue weighted by Gasteiger charge is 2.18. The lowest BCUT2D eigenvalue weighted by Crippen LogP contribution is -2.29. The summed E-state index contributed by atoms with van der Waals surface area (Å²) < 4.78 is 17.2. The Bertz CT molecular complexity index is 1380. The van der Waals surface area contributed by atoms with Crippen LogP contribution in [0.4, 0.5) is 0 Å². The Morgan fingerprint density at radius 2 is 1.64 bits per heavy atom. The molecule has 1 amide bonds. The van der Waals surface area contributed by atoms with Crippen molar-refractivity contribution in [2.45, 2.75) is 13.3 Å². The number of ether oxygens (including phenoxy) is 2. The van der Waals surface area contributed by atoms with Gasteiger partial charge in [-0.05, 0) is 44.2 Å². The maximum Gasteiger partial charge on any atom is 0.255 e. The molecule has 0 unspecified atom stereocenters. The Morgan fingerprint density at radius 3 is 2.42 bits per heavy atom. The molecule has 7 heteroatoms. The third kappa shape index (κ3) is 5.75. The summed E-state index contributed by atoms with van der Waals surface area (Å²) in [6.07, 6.45) is 0.740. The van der Waals surface area contributed by atoms with Gasteiger partial charge in [0.25, 0.3) is 5.91 Å². The van der Waals surface area contributed by atoms with Gasteiger partial charge < -0.3 is 24.5 Å². The number of benzene rings is 3. The van der Waals surface area contributed by atoms with E-state index in [1.165, 1.54) is 0 Å². The van der Waals surface area contributed by atoms with Gasteiger partial charge in [0, 0.05) is 24.2 Å². The van der Waals surface area contributed by atoms with Gasteiger partial charge >= 0.3 is 0 Å². The highest BCUT2D eigenvalue weighted by molar-refractivity contribution is 6.05. The Hall–Kier alpha value is -4.10. The molecular formula is C29H30N2O5. The number of hydrogen-bond acceptors (Lipinski definition) is 6. The summed E-state index contributed by atoms with van der Waals surface area (Å²) in [6.45, 7) is 4.12. The van der Waals surface area contributed by atoms with E-state index in [1.54, 1.807) is 32.2 Å². The average Bonchev–Trinajstić information content (AvgIpc) is 2.92. The third-order valence-electron chi connectivity index (χ3n) is 5.85. The maximum atomic E-state index is 13.0. The zero-order valence-corrected chi connectivity index (χ0v) is 20.5. The van der Waals surface area contributed by atoms with E-state index in [9.17, 15) is 9.59 Å². The van der Waals surface area contributed by atoms with E-state index < -0.39 is 0 Å². The second-order valence-electron chi connectivity index (χ2n) is 8.29. The van der Waals surface area contributed by atoms with Gasteiger partial charge in [0.15, 0.2) is 22.5 Å². The van der Waals surface area contributed by atoms with Crippen LogP contribution in [-0.2, 0) is 0 Å². The number of methoxy groups -OCH3 is 1. The zero-order chi connectivity index (χ0) is 25.3. The Morgan fingerprint density at radius 1 is 0.889 bits per heavy atom. The van der Waals surface area contributed by atoms with Gasteiger partial charge in [-0.3, -0.25) is 9.59 Å². The molecule has 0 radical (unpaired) electrons. The molecule has 0 fully saturated rings. The zero-order valence-electron chi connectivity index (χ0n) is 20.5. The van der Waals surface area contributed by atoms with Gasteiger partial charge in [-0.2, -0.15) is 0 Å². The summed E-state index contributed by atoms with van der Waals surface area (Å²) in [5.74, 6) is 1.62. The van der Waals surface area contributed by atoms with Crippen molar-refractivity contribution >= 4 is 16.9 Å². The minimum absolute atomic E-state index is 0.135. The van der Waals surface area contributed by atoms with Crippen molar-refractivity contribution in [1.29, 1.82) is 0 Å². The molecule has 4 aromatic rings. The minimum atomic E-state index is -0.272. The van der Waals surface area contributed by atoms with Crippen molar-refractivity contribution in [3.05, 3.63) is 94.1 Å². The predicted molar refractivity (Wildman–Crippen MR) is 141 cm³/mol. The number of hydrogen-bond donors (Lipinski definition) is 2. The average molecular weight is 487 g/mol. The molecule has 0 spiro atoms. The molecule has 1 heterocycles. The first-order chi connectivity index (χ1) is 17.6. The second-order valence-corrected chi connectivity index (χ2v) is 8.29. The Labute approximate surface area is 210 Å². The number of rotatable bonds is 11. The summed E-state index contributed by atoms with van der Waals surface area (Å²) in [5, 5.41) is 6.63. The number of amides is 1. The molecule has 0 aliphatic carbocycles. The van der Waals surface area contributed by atoms with Crippen molar-refractivity contribution in [3.63, 3.8) is 0 Å². The molecular weight excluding hydrogens is 456 g/mol. The molecule has 186 valence electrons. The molecule has 0 saturated heterocycles. The number of para-hydroxylation sites is 3. The molecule has 4 rings (SSSR count). The van der Waals surface area contributed by atoms with Crippen molar-refractivity contribution in [3.8, 4) is 22.8 Å². The normalized spacial score (nSPS) is 10.8. The summed E-state index contributed by atoms with van der Waals surface area (Å²) >= 11 is 0. The molecule has 3 aromatic carbocycles. The lowest BCUT2D eigenvalue weighted by Gasteiger charge is -2.12. The fourth-order valence-corrected chi connectivity index (χ4v) is 3.96. The SMILES string of the molecule is COc1ccccc1OCCNCCCNC(=O)c1cccc2c(=O)c(C)c(-c3ccccc3)oc12. The Balaban J connectivity index is 1.31. The quantitative estimate of drug-likeness (QED) is 0.302. The summed E-state index contributed by atoms with van der Waals surface area (Å²) in [6, 6.07) is 22.0. The van der Waals surface area contributed by atoms with Crippen LogP contribution in [0, 0.1) is 6.92 Å². The van der Waals surface area contributed by atoms with Gasteiger partial charge in [0.05, 0.1) is 18.1 Å². The van der Waals surface area contributed by atoms with Crippen LogP contribution in [0.2, 0.25) is 0 Å². The van der Waals surface area contributed by atoms with Gasteiger partial charge in [-0.25, -0.2) is 0 Å².